The molecule has 2 N–H and O–H groups in total. The van der Waals surface area contributed by atoms with Crippen LogP contribution in [-0.2, 0) is 0 Å². The van der Waals surface area contributed by atoms with Crippen molar-refractivity contribution in [2.75, 3.05) is 6.61 Å². The van der Waals surface area contributed by atoms with Crippen LogP contribution in [0.5, 0.6) is 5.75 Å². The van der Waals surface area contributed by atoms with E-state index in [2.05, 4.69) is 10.2 Å². The van der Waals surface area contributed by atoms with Gasteiger partial charge in [-0.2, -0.15) is 5.10 Å². The highest BCUT2D eigenvalue weighted by molar-refractivity contribution is 5.88. The summed E-state index contributed by atoms with van der Waals surface area (Å²) in [6.45, 7) is 2.61. The van der Waals surface area contributed by atoms with Gasteiger partial charge >= 0.3 is 5.97 Å². The van der Waals surface area contributed by atoms with E-state index >= 15 is 0 Å². The van der Waals surface area contributed by atoms with Gasteiger partial charge in [-0.05, 0) is 24.6 Å². The fourth-order valence-corrected chi connectivity index (χ4v) is 1.68. The van der Waals surface area contributed by atoms with Crippen LogP contribution in [0.25, 0.3) is 11.3 Å². The highest BCUT2D eigenvalue weighted by atomic mass is 16.5. The quantitative estimate of drug-likeness (QED) is 0.869. The fraction of sp³-hybridized carbons (Fsp3) is 0.214. The summed E-state index contributed by atoms with van der Waals surface area (Å²) in [7, 11) is 0. The number of aromatic nitrogens is 2. The van der Waals surface area contributed by atoms with E-state index < -0.39 is 11.5 Å². The molecule has 0 unspecified atom stereocenters. The summed E-state index contributed by atoms with van der Waals surface area (Å²) >= 11 is 0. The lowest BCUT2D eigenvalue weighted by Crippen LogP contribution is -2.18. The number of ether oxygens (including phenoxy) is 1. The number of rotatable bonds is 5. The number of nitrogens with zero attached hydrogens (tertiary/aromatic N) is 1. The number of carboxylic acids is 1. The van der Waals surface area contributed by atoms with Gasteiger partial charge in [0.1, 0.15) is 11.3 Å². The Kier molecular flexibility index (Phi) is 4.14. The maximum absolute atomic E-state index is 11.3. The van der Waals surface area contributed by atoms with Gasteiger partial charge in [-0.15, -0.1) is 0 Å². The van der Waals surface area contributed by atoms with Crippen LogP contribution in [0.15, 0.2) is 35.1 Å². The molecule has 0 fully saturated rings. The van der Waals surface area contributed by atoms with E-state index in [1.54, 1.807) is 18.2 Å². The minimum absolute atomic E-state index is 0.338. The molecule has 0 atom stereocenters. The van der Waals surface area contributed by atoms with Crippen LogP contribution in [0.2, 0.25) is 0 Å². The first-order valence-corrected chi connectivity index (χ1v) is 6.18. The van der Waals surface area contributed by atoms with Crippen LogP contribution in [0.1, 0.15) is 23.7 Å². The van der Waals surface area contributed by atoms with Crippen molar-refractivity contribution >= 4 is 5.97 Å². The number of nitrogens with one attached hydrogen (secondary N) is 1. The molecule has 2 aromatic rings. The zero-order chi connectivity index (χ0) is 14.5. The Morgan fingerprint density at radius 3 is 2.90 bits per heavy atom. The summed E-state index contributed by atoms with van der Waals surface area (Å²) in [5.74, 6) is -0.609. The third-order valence-corrected chi connectivity index (χ3v) is 2.64. The van der Waals surface area contributed by atoms with Gasteiger partial charge in [0.05, 0.1) is 12.3 Å². The fourth-order valence-electron chi connectivity index (χ4n) is 1.68. The van der Waals surface area contributed by atoms with Gasteiger partial charge in [-0.3, -0.25) is 4.79 Å². The molecule has 2 rings (SSSR count). The van der Waals surface area contributed by atoms with Crippen LogP contribution in [0, 0.1) is 0 Å². The first-order valence-electron chi connectivity index (χ1n) is 6.18. The lowest BCUT2D eigenvalue weighted by atomic mass is 10.1. The van der Waals surface area contributed by atoms with Crippen LogP contribution >= 0.6 is 0 Å². The zero-order valence-corrected chi connectivity index (χ0v) is 10.9. The van der Waals surface area contributed by atoms with E-state index in [-0.39, 0.29) is 5.56 Å². The number of hydrogen-bond acceptors (Lipinski definition) is 4. The summed E-state index contributed by atoms with van der Waals surface area (Å²) < 4.78 is 5.50. The maximum Gasteiger partial charge on any atom is 0.341 e. The highest BCUT2D eigenvalue weighted by Gasteiger charge is 2.11. The third-order valence-electron chi connectivity index (χ3n) is 2.64. The van der Waals surface area contributed by atoms with Crippen molar-refractivity contribution < 1.29 is 14.6 Å². The van der Waals surface area contributed by atoms with Gasteiger partial charge < -0.3 is 9.84 Å². The number of carbonyl (C=O) groups is 1. The molecular formula is C14H14N2O4. The van der Waals surface area contributed by atoms with E-state index in [0.29, 0.717) is 23.6 Å². The summed E-state index contributed by atoms with van der Waals surface area (Å²) in [5.41, 5.74) is -0.00387. The van der Waals surface area contributed by atoms with Gasteiger partial charge in [0.15, 0.2) is 0 Å². The monoisotopic (exact) mass is 274 g/mol. The molecule has 1 aromatic carbocycles. The average Bonchev–Trinajstić information content (AvgIpc) is 2.45. The molecule has 1 aromatic heterocycles. The van der Waals surface area contributed by atoms with E-state index in [4.69, 9.17) is 9.84 Å². The molecule has 104 valence electrons. The Labute approximate surface area is 115 Å². The van der Waals surface area contributed by atoms with Crippen molar-refractivity contribution in [1.29, 1.82) is 0 Å². The Hall–Kier alpha value is -2.63. The number of aromatic amines is 1. The summed E-state index contributed by atoms with van der Waals surface area (Å²) in [6.07, 6.45) is 0.893. The standard InChI is InChI=1S/C14H14N2O4/c1-2-6-20-10-5-3-4-9(7-10)12-8-11(14(18)19)13(17)16-15-12/h3-5,7-8H,2,6H2,1H3,(H,16,17)(H,18,19). The third kappa shape index (κ3) is 3.03. The first-order chi connectivity index (χ1) is 9.61. The van der Waals surface area contributed by atoms with Crippen molar-refractivity contribution in [2.45, 2.75) is 13.3 Å². The van der Waals surface area contributed by atoms with Crippen molar-refractivity contribution in [1.82, 2.24) is 10.2 Å². The zero-order valence-electron chi connectivity index (χ0n) is 10.9. The Morgan fingerprint density at radius 2 is 2.20 bits per heavy atom. The predicted octanol–water partition coefficient (Wildman–Crippen LogP) is 1.92. The topological polar surface area (TPSA) is 92.3 Å². The number of H-pyrrole nitrogens is 1. The lowest BCUT2D eigenvalue weighted by molar-refractivity contribution is 0.0694. The minimum Gasteiger partial charge on any atom is -0.494 e. The summed E-state index contributed by atoms with van der Waals surface area (Å²) in [4.78, 5) is 22.3. The van der Waals surface area contributed by atoms with Gasteiger partial charge in [0.25, 0.3) is 5.56 Å². The Balaban J connectivity index is 2.38. The second kappa shape index (κ2) is 6.01. The van der Waals surface area contributed by atoms with Crippen LogP contribution in [0.3, 0.4) is 0 Å². The molecular weight excluding hydrogens is 260 g/mol. The number of benzene rings is 1. The molecule has 0 saturated carbocycles. The van der Waals surface area contributed by atoms with Crippen molar-refractivity contribution in [3.63, 3.8) is 0 Å². The normalized spacial score (nSPS) is 10.2. The molecule has 0 aliphatic heterocycles. The molecule has 20 heavy (non-hydrogen) atoms. The SMILES string of the molecule is CCCOc1cccc(-c2cc(C(=O)O)c(=O)[nH]n2)c1. The molecule has 0 radical (unpaired) electrons. The number of hydrogen-bond donors (Lipinski definition) is 2. The molecule has 0 spiro atoms. The smallest absolute Gasteiger partial charge is 0.341 e. The molecule has 0 saturated heterocycles. The van der Waals surface area contributed by atoms with Gasteiger partial charge in [0.2, 0.25) is 0 Å². The molecule has 1 heterocycles. The summed E-state index contributed by atoms with van der Waals surface area (Å²) in [6, 6.07) is 8.36. The second-order valence-corrected chi connectivity index (χ2v) is 4.18. The minimum atomic E-state index is -1.28. The van der Waals surface area contributed by atoms with Crippen molar-refractivity contribution in [3.8, 4) is 17.0 Å². The average molecular weight is 274 g/mol. The van der Waals surface area contributed by atoms with Crippen LogP contribution < -0.4 is 10.3 Å². The Bertz CT molecular complexity index is 679. The molecule has 0 bridgehead atoms. The van der Waals surface area contributed by atoms with Crippen molar-refractivity contribution in [3.05, 3.63) is 46.2 Å². The number of aromatic carboxylic acids is 1. The van der Waals surface area contributed by atoms with Gasteiger partial charge in [0, 0.05) is 5.56 Å². The second-order valence-electron chi connectivity index (χ2n) is 4.18. The van der Waals surface area contributed by atoms with Gasteiger partial charge in [-0.25, -0.2) is 9.89 Å². The van der Waals surface area contributed by atoms with E-state index in [9.17, 15) is 9.59 Å². The molecule has 0 amide bonds. The van der Waals surface area contributed by atoms with Crippen LogP contribution in [0.4, 0.5) is 0 Å². The van der Waals surface area contributed by atoms with E-state index in [1.807, 2.05) is 13.0 Å². The highest BCUT2D eigenvalue weighted by Crippen LogP contribution is 2.22. The van der Waals surface area contributed by atoms with Crippen molar-refractivity contribution in [2.24, 2.45) is 0 Å². The predicted molar refractivity (Wildman–Crippen MR) is 73.0 cm³/mol. The Morgan fingerprint density at radius 1 is 1.40 bits per heavy atom. The molecule has 6 heteroatoms. The van der Waals surface area contributed by atoms with E-state index in [0.717, 1.165) is 6.42 Å². The molecule has 0 aliphatic carbocycles. The summed E-state index contributed by atoms with van der Waals surface area (Å²) in [5, 5.41) is 15.0. The number of carboxylic acid groups (broad SMARTS) is 1. The lowest BCUT2D eigenvalue weighted by Gasteiger charge is -2.06. The first kappa shape index (κ1) is 13.8. The van der Waals surface area contributed by atoms with E-state index in [1.165, 1.54) is 6.07 Å². The van der Waals surface area contributed by atoms with Gasteiger partial charge in [-0.1, -0.05) is 19.1 Å². The van der Waals surface area contributed by atoms with Crippen LogP contribution in [-0.4, -0.2) is 27.9 Å². The molecule has 6 nitrogen and oxygen atoms in total. The largest absolute Gasteiger partial charge is 0.494 e. The maximum atomic E-state index is 11.3. The molecule has 0 aliphatic rings.